The highest BCUT2D eigenvalue weighted by Crippen LogP contribution is 2.34. The van der Waals surface area contributed by atoms with Crippen LogP contribution in [0.4, 0.5) is 0 Å². The van der Waals surface area contributed by atoms with Crippen molar-refractivity contribution in [3.05, 3.63) is 51.7 Å². The quantitative estimate of drug-likeness (QED) is 0.460. The zero-order valence-electron chi connectivity index (χ0n) is 12.4. The molecule has 0 spiro atoms. The van der Waals surface area contributed by atoms with Gasteiger partial charge < -0.3 is 29.9 Å². The number of phenolic OH excluding ortho intramolecular Hbond substituents is 2. The van der Waals surface area contributed by atoms with Crippen LogP contribution < -0.4 is 5.43 Å². The monoisotopic (exact) mass is 330 g/mol. The van der Waals surface area contributed by atoms with Crippen LogP contribution in [0.3, 0.4) is 0 Å². The van der Waals surface area contributed by atoms with Gasteiger partial charge >= 0.3 is 0 Å². The van der Waals surface area contributed by atoms with Crippen LogP contribution in [-0.4, -0.2) is 25.5 Å². The van der Waals surface area contributed by atoms with Gasteiger partial charge in [-0.3, -0.25) is 4.79 Å². The second kappa shape index (κ2) is 5.88. The minimum atomic E-state index is -0.546. The number of rotatable bonds is 3. The highest BCUT2D eigenvalue weighted by Gasteiger charge is 2.17. The van der Waals surface area contributed by atoms with Crippen LogP contribution in [0.5, 0.6) is 17.2 Å². The molecule has 0 radical (unpaired) electrons. The smallest absolute Gasteiger partial charge is 0.197 e. The maximum atomic E-state index is 12.3. The Labute approximate surface area is 135 Å². The molecule has 0 amide bonds. The van der Waals surface area contributed by atoms with Gasteiger partial charge in [0.25, 0.3) is 0 Å². The van der Waals surface area contributed by atoms with E-state index >= 15 is 0 Å². The molecule has 0 bridgehead atoms. The van der Waals surface area contributed by atoms with Crippen molar-refractivity contribution in [3.63, 3.8) is 0 Å². The molecule has 0 aliphatic rings. The molecule has 0 unspecified atom stereocenters. The number of aliphatic hydroxyl groups is 2. The lowest BCUT2D eigenvalue weighted by Gasteiger charge is -2.11. The fourth-order valence-corrected chi connectivity index (χ4v) is 2.53. The van der Waals surface area contributed by atoms with Gasteiger partial charge in [-0.1, -0.05) is 0 Å². The predicted molar refractivity (Wildman–Crippen MR) is 84.8 cm³/mol. The van der Waals surface area contributed by atoms with E-state index in [0.717, 1.165) is 6.07 Å². The molecule has 0 aliphatic carbocycles. The van der Waals surface area contributed by atoms with Gasteiger partial charge in [0.1, 0.15) is 22.5 Å². The SMILES string of the molecule is O=c1cc(-c2ccc(O)c(O)c2)oc2cc(CO)c(CO)c(O)c12. The highest BCUT2D eigenvalue weighted by atomic mass is 16.3. The number of hydrogen-bond donors (Lipinski definition) is 5. The van der Waals surface area contributed by atoms with Gasteiger partial charge in [0.2, 0.25) is 0 Å². The summed E-state index contributed by atoms with van der Waals surface area (Å²) in [6, 6.07) is 6.43. The maximum Gasteiger partial charge on any atom is 0.197 e. The summed E-state index contributed by atoms with van der Waals surface area (Å²) in [6.07, 6.45) is 0. The maximum absolute atomic E-state index is 12.3. The van der Waals surface area contributed by atoms with Crippen LogP contribution in [0.2, 0.25) is 0 Å². The lowest BCUT2D eigenvalue weighted by atomic mass is 10.0. The Hall–Kier alpha value is -3.03. The number of aromatic hydroxyl groups is 3. The molecular weight excluding hydrogens is 316 g/mol. The molecule has 3 aromatic rings. The van der Waals surface area contributed by atoms with Crippen molar-refractivity contribution < 1.29 is 29.9 Å². The van der Waals surface area contributed by atoms with Crippen molar-refractivity contribution >= 4 is 11.0 Å². The Balaban J connectivity index is 2.30. The molecule has 0 saturated heterocycles. The molecule has 2 aromatic carbocycles. The average Bonchev–Trinajstić information content (AvgIpc) is 2.56. The van der Waals surface area contributed by atoms with Crippen LogP contribution in [0.1, 0.15) is 11.1 Å². The van der Waals surface area contributed by atoms with Crippen LogP contribution in [-0.2, 0) is 13.2 Å². The zero-order chi connectivity index (χ0) is 17.4. The van der Waals surface area contributed by atoms with E-state index < -0.39 is 24.4 Å². The third-order valence-corrected chi connectivity index (χ3v) is 3.78. The summed E-state index contributed by atoms with van der Waals surface area (Å²) in [5.74, 6) is -1.00. The molecule has 0 atom stereocenters. The van der Waals surface area contributed by atoms with E-state index in [1.807, 2.05) is 0 Å². The molecule has 0 saturated carbocycles. The lowest BCUT2D eigenvalue weighted by Crippen LogP contribution is -2.04. The van der Waals surface area contributed by atoms with Gasteiger partial charge in [-0.25, -0.2) is 0 Å². The normalized spacial score (nSPS) is 11.1. The van der Waals surface area contributed by atoms with E-state index in [1.54, 1.807) is 0 Å². The van der Waals surface area contributed by atoms with Crippen LogP contribution in [0, 0.1) is 0 Å². The average molecular weight is 330 g/mol. The summed E-state index contributed by atoms with van der Waals surface area (Å²) in [5, 5.41) is 47.7. The number of hydrogen-bond acceptors (Lipinski definition) is 7. The first-order valence-electron chi connectivity index (χ1n) is 7.02. The van der Waals surface area contributed by atoms with Gasteiger partial charge in [0, 0.05) is 17.2 Å². The van der Waals surface area contributed by atoms with Crippen molar-refractivity contribution in [3.8, 4) is 28.6 Å². The number of fused-ring (bicyclic) bond motifs is 1. The Kier molecular flexibility index (Phi) is 3.88. The number of aliphatic hydroxyl groups excluding tert-OH is 2. The fraction of sp³-hybridized carbons (Fsp3) is 0.118. The minimum absolute atomic E-state index is 0.0313. The first-order chi connectivity index (χ1) is 11.5. The second-order valence-corrected chi connectivity index (χ2v) is 5.23. The molecule has 124 valence electrons. The first-order valence-corrected chi connectivity index (χ1v) is 7.02. The zero-order valence-corrected chi connectivity index (χ0v) is 12.4. The van der Waals surface area contributed by atoms with Gasteiger partial charge in [-0.2, -0.15) is 0 Å². The summed E-state index contributed by atoms with van der Waals surface area (Å²) in [7, 11) is 0. The molecule has 7 nitrogen and oxygen atoms in total. The third kappa shape index (κ3) is 2.45. The number of benzene rings is 2. The number of phenols is 3. The summed E-state index contributed by atoms with van der Waals surface area (Å²) < 4.78 is 5.60. The largest absolute Gasteiger partial charge is 0.507 e. The molecule has 24 heavy (non-hydrogen) atoms. The van der Waals surface area contributed by atoms with Crippen molar-refractivity contribution in [1.82, 2.24) is 0 Å². The van der Waals surface area contributed by atoms with Gasteiger partial charge in [0.05, 0.1) is 13.2 Å². The third-order valence-electron chi connectivity index (χ3n) is 3.78. The second-order valence-electron chi connectivity index (χ2n) is 5.23. The van der Waals surface area contributed by atoms with Gasteiger partial charge in [-0.05, 0) is 29.8 Å². The minimum Gasteiger partial charge on any atom is -0.507 e. The van der Waals surface area contributed by atoms with Crippen molar-refractivity contribution in [2.24, 2.45) is 0 Å². The van der Waals surface area contributed by atoms with Crippen LogP contribution >= 0.6 is 0 Å². The summed E-state index contributed by atoms with van der Waals surface area (Å²) in [6.45, 7) is -0.988. The van der Waals surface area contributed by atoms with Crippen molar-refractivity contribution in [1.29, 1.82) is 0 Å². The fourth-order valence-electron chi connectivity index (χ4n) is 2.53. The standard InChI is InChI=1S/C17H14O7/c18-6-9-4-15-16(17(23)10(9)7-19)13(22)5-14(24-15)8-1-2-11(20)12(21)3-8/h1-5,18-21,23H,6-7H2. The molecule has 1 heterocycles. The summed E-state index contributed by atoms with van der Waals surface area (Å²) >= 11 is 0. The van der Waals surface area contributed by atoms with Gasteiger partial charge in [0.15, 0.2) is 16.9 Å². The van der Waals surface area contributed by atoms with E-state index in [0.29, 0.717) is 5.56 Å². The first kappa shape index (κ1) is 15.9. The van der Waals surface area contributed by atoms with Crippen molar-refractivity contribution in [2.75, 3.05) is 0 Å². The van der Waals surface area contributed by atoms with Crippen LogP contribution in [0.15, 0.2) is 39.5 Å². The Bertz CT molecular complexity index is 988. The lowest BCUT2D eigenvalue weighted by molar-refractivity contribution is 0.255. The molecule has 5 N–H and O–H groups in total. The Morgan fingerprint density at radius 3 is 2.29 bits per heavy atom. The summed E-state index contributed by atoms with van der Waals surface area (Å²) in [5.41, 5.74) is 0.128. The molecule has 0 fully saturated rings. The predicted octanol–water partition coefficient (Wildman–Crippen LogP) is 1.56. The van der Waals surface area contributed by atoms with E-state index in [4.69, 9.17) is 4.42 Å². The topological polar surface area (TPSA) is 131 Å². The molecule has 0 aliphatic heterocycles. The van der Waals surface area contributed by atoms with Crippen molar-refractivity contribution in [2.45, 2.75) is 13.2 Å². The Morgan fingerprint density at radius 1 is 0.917 bits per heavy atom. The molecular formula is C17H14O7. The summed E-state index contributed by atoms with van der Waals surface area (Å²) in [4.78, 5) is 12.3. The molecule has 3 rings (SSSR count). The van der Waals surface area contributed by atoms with E-state index in [1.165, 1.54) is 24.3 Å². The Morgan fingerprint density at radius 2 is 1.67 bits per heavy atom. The van der Waals surface area contributed by atoms with Crippen LogP contribution in [0.25, 0.3) is 22.3 Å². The van der Waals surface area contributed by atoms with Gasteiger partial charge in [-0.15, -0.1) is 0 Å². The molecule has 7 heteroatoms. The molecule has 1 aromatic heterocycles. The van der Waals surface area contributed by atoms with E-state index in [2.05, 4.69) is 0 Å². The van der Waals surface area contributed by atoms with E-state index in [-0.39, 0.29) is 39.4 Å². The highest BCUT2D eigenvalue weighted by molar-refractivity contribution is 5.87. The van der Waals surface area contributed by atoms with E-state index in [9.17, 15) is 30.3 Å².